The van der Waals surface area contributed by atoms with Crippen LogP contribution >= 0.6 is 0 Å². The van der Waals surface area contributed by atoms with Crippen molar-refractivity contribution in [3.63, 3.8) is 0 Å². The van der Waals surface area contributed by atoms with Crippen LogP contribution in [0.4, 0.5) is 0 Å². The first-order chi connectivity index (χ1) is 10.3. The van der Waals surface area contributed by atoms with Crippen LogP contribution in [0.25, 0.3) is 0 Å². The molecule has 0 saturated carbocycles. The summed E-state index contributed by atoms with van der Waals surface area (Å²) in [5.74, 6) is -0.0786. The molecule has 21 heavy (non-hydrogen) atoms. The summed E-state index contributed by atoms with van der Waals surface area (Å²) >= 11 is 0. The van der Waals surface area contributed by atoms with E-state index in [0.717, 1.165) is 12.0 Å². The van der Waals surface area contributed by atoms with E-state index >= 15 is 0 Å². The molecule has 1 fully saturated rings. The zero-order valence-corrected chi connectivity index (χ0v) is 11.7. The first-order valence-electron chi connectivity index (χ1n) is 7.41. The van der Waals surface area contributed by atoms with Gasteiger partial charge in [-0.3, -0.25) is 0 Å². The lowest BCUT2D eigenvalue weighted by molar-refractivity contribution is -0.259. The van der Waals surface area contributed by atoms with Gasteiger partial charge in [-0.25, -0.2) is 0 Å². The maximum Gasteiger partial charge on any atom is 0.162 e. The predicted octanol–water partition coefficient (Wildman–Crippen LogP) is 3.01. The molecule has 2 aromatic rings. The van der Waals surface area contributed by atoms with E-state index in [0.29, 0.717) is 6.61 Å². The van der Waals surface area contributed by atoms with Gasteiger partial charge in [-0.15, -0.1) is 0 Å². The van der Waals surface area contributed by atoms with E-state index in [9.17, 15) is 5.11 Å². The number of ether oxygens (including phenoxy) is 2. The molecular weight excluding hydrogens is 264 g/mol. The van der Waals surface area contributed by atoms with Crippen molar-refractivity contribution in [1.82, 2.24) is 0 Å². The Morgan fingerprint density at radius 3 is 2.62 bits per heavy atom. The first-order valence-corrected chi connectivity index (χ1v) is 7.41. The molecule has 1 saturated heterocycles. The highest BCUT2D eigenvalue weighted by Crippen LogP contribution is 2.44. The Balaban J connectivity index is 1.69. The Kier molecular flexibility index (Phi) is 3.26. The molecule has 2 aliphatic rings. The van der Waals surface area contributed by atoms with Crippen molar-refractivity contribution in [2.75, 3.05) is 6.61 Å². The van der Waals surface area contributed by atoms with Crippen molar-refractivity contribution in [2.45, 2.75) is 24.9 Å². The van der Waals surface area contributed by atoms with Crippen LogP contribution in [-0.4, -0.2) is 18.0 Å². The van der Waals surface area contributed by atoms with E-state index in [4.69, 9.17) is 9.47 Å². The highest BCUT2D eigenvalue weighted by Gasteiger charge is 2.41. The third-order valence-electron chi connectivity index (χ3n) is 4.46. The molecule has 0 radical (unpaired) electrons. The van der Waals surface area contributed by atoms with Gasteiger partial charge in [-0.2, -0.15) is 0 Å². The van der Waals surface area contributed by atoms with Crippen LogP contribution in [-0.2, 0) is 15.9 Å². The minimum absolute atomic E-state index is 0.0786. The Hall–Kier alpha value is -1.68. The molecule has 2 aliphatic heterocycles. The summed E-state index contributed by atoms with van der Waals surface area (Å²) in [5, 5.41) is 10.7. The van der Waals surface area contributed by atoms with Gasteiger partial charge in [-0.05, 0) is 16.7 Å². The van der Waals surface area contributed by atoms with E-state index in [1.54, 1.807) is 0 Å². The second-order valence-corrected chi connectivity index (χ2v) is 5.74. The van der Waals surface area contributed by atoms with Crippen LogP contribution < -0.4 is 0 Å². The second-order valence-electron chi connectivity index (χ2n) is 5.74. The highest BCUT2D eigenvalue weighted by atomic mass is 16.7. The number of fused-ring (bicyclic) bond motifs is 4. The van der Waals surface area contributed by atoms with Gasteiger partial charge in [0, 0.05) is 12.3 Å². The van der Waals surface area contributed by atoms with Crippen LogP contribution in [0.5, 0.6) is 0 Å². The molecule has 0 aliphatic carbocycles. The standard InChI is InChI=1S/C18H18O3/c19-17(12-6-2-1-3-7-12)15-11-20-16-10-13-8-4-5-9-14(13)18(15)21-16/h1-9,15-19H,10-11H2/t15-,16-,17-,18+/m0/s1. The maximum absolute atomic E-state index is 10.7. The fourth-order valence-electron chi connectivity index (χ4n) is 3.35. The Morgan fingerprint density at radius 1 is 1.00 bits per heavy atom. The van der Waals surface area contributed by atoms with Crippen LogP contribution in [0, 0.1) is 5.92 Å². The van der Waals surface area contributed by atoms with Crippen molar-refractivity contribution >= 4 is 0 Å². The zero-order chi connectivity index (χ0) is 14.2. The maximum atomic E-state index is 10.7. The molecule has 0 amide bonds. The smallest absolute Gasteiger partial charge is 0.162 e. The van der Waals surface area contributed by atoms with Crippen molar-refractivity contribution in [1.29, 1.82) is 0 Å². The summed E-state index contributed by atoms with van der Waals surface area (Å²) in [5.41, 5.74) is 3.37. The van der Waals surface area contributed by atoms with Gasteiger partial charge in [0.25, 0.3) is 0 Å². The summed E-state index contributed by atoms with van der Waals surface area (Å²) in [4.78, 5) is 0. The van der Waals surface area contributed by atoms with Crippen molar-refractivity contribution in [2.24, 2.45) is 5.92 Å². The molecule has 2 heterocycles. The molecule has 0 unspecified atom stereocenters. The van der Waals surface area contributed by atoms with Gasteiger partial charge in [0.2, 0.25) is 0 Å². The van der Waals surface area contributed by atoms with Crippen molar-refractivity contribution in [3.05, 3.63) is 71.3 Å². The second kappa shape index (κ2) is 5.26. The lowest BCUT2D eigenvalue weighted by Gasteiger charge is -2.43. The Bertz CT molecular complexity index is 625. The number of benzene rings is 2. The fraction of sp³-hybridized carbons (Fsp3) is 0.333. The molecule has 3 nitrogen and oxygen atoms in total. The summed E-state index contributed by atoms with van der Waals surface area (Å²) in [7, 11) is 0. The zero-order valence-electron chi connectivity index (χ0n) is 11.7. The first kappa shape index (κ1) is 13.0. The van der Waals surface area contributed by atoms with E-state index in [-0.39, 0.29) is 18.3 Å². The lowest BCUT2D eigenvalue weighted by atomic mass is 9.83. The average molecular weight is 282 g/mol. The molecule has 1 N–H and O–H groups in total. The lowest BCUT2D eigenvalue weighted by Crippen LogP contribution is -2.42. The predicted molar refractivity (Wildman–Crippen MR) is 78.6 cm³/mol. The molecule has 4 atom stereocenters. The fourth-order valence-corrected chi connectivity index (χ4v) is 3.35. The normalized spacial score (nSPS) is 28.7. The molecule has 4 rings (SSSR count). The SMILES string of the molecule is O[C@@H](c1ccccc1)[C@@H]1CO[C@@H]2Cc3ccccc3[C@H]1O2. The van der Waals surface area contributed by atoms with Gasteiger partial charge < -0.3 is 14.6 Å². The molecule has 0 aromatic heterocycles. The minimum atomic E-state index is -0.580. The van der Waals surface area contributed by atoms with Gasteiger partial charge in [-0.1, -0.05) is 54.6 Å². The molecule has 0 spiro atoms. The van der Waals surface area contributed by atoms with Gasteiger partial charge in [0.15, 0.2) is 6.29 Å². The Morgan fingerprint density at radius 2 is 1.76 bits per heavy atom. The molecule has 108 valence electrons. The highest BCUT2D eigenvalue weighted by molar-refractivity contribution is 5.33. The third kappa shape index (κ3) is 2.27. The average Bonchev–Trinajstić information content (AvgIpc) is 2.55. The summed E-state index contributed by atoms with van der Waals surface area (Å²) in [6, 6.07) is 18.0. The van der Waals surface area contributed by atoms with Crippen LogP contribution in [0.3, 0.4) is 0 Å². The monoisotopic (exact) mass is 282 g/mol. The molecular formula is C18H18O3. The number of aliphatic hydroxyl groups is 1. The van der Waals surface area contributed by atoms with E-state index in [2.05, 4.69) is 12.1 Å². The van der Waals surface area contributed by atoms with E-state index in [1.807, 2.05) is 42.5 Å². The summed E-state index contributed by atoms with van der Waals surface area (Å²) in [6.07, 6.45) is -0.0581. The largest absolute Gasteiger partial charge is 0.388 e. The Labute approximate surface area is 124 Å². The van der Waals surface area contributed by atoms with Crippen molar-refractivity contribution in [3.8, 4) is 0 Å². The van der Waals surface area contributed by atoms with Gasteiger partial charge >= 0.3 is 0 Å². The van der Waals surface area contributed by atoms with E-state index < -0.39 is 6.10 Å². The van der Waals surface area contributed by atoms with Crippen molar-refractivity contribution < 1.29 is 14.6 Å². The van der Waals surface area contributed by atoms with Crippen LogP contribution in [0.15, 0.2) is 54.6 Å². The number of hydrogen-bond donors (Lipinski definition) is 1. The van der Waals surface area contributed by atoms with Crippen LogP contribution in [0.2, 0.25) is 0 Å². The topological polar surface area (TPSA) is 38.7 Å². The number of rotatable bonds is 2. The van der Waals surface area contributed by atoms with Crippen LogP contribution in [0.1, 0.15) is 28.9 Å². The quantitative estimate of drug-likeness (QED) is 0.920. The number of hydrogen-bond acceptors (Lipinski definition) is 3. The van der Waals surface area contributed by atoms with E-state index in [1.165, 1.54) is 11.1 Å². The van der Waals surface area contributed by atoms with Gasteiger partial charge in [0.1, 0.15) is 0 Å². The third-order valence-corrected chi connectivity index (χ3v) is 4.46. The molecule has 3 heteroatoms. The summed E-state index contributed by atoms with van der Waals surface area (Å²) in [6.45, 7) is 0.528. The molecule has 2 aromatic carbocycles. The number of aliphatic hydroxyl groups excluding tert-OH is 1. The minimum Gasteiger partial charge on any atom is -0.388 e. The van der Waals surface area contributed by atoms with Gasteiger partial charge in [0.05, 0.1) is 18.8 Å². The molecule has 2 bridgehead atoms. The summed E-state index contributed by atoms with van der Waals surface area (Å²) < 4.78 is 11.8.